The molecule has 1 aromatic carbocycles. The van der Waals surface area contributed by atoms with Gasteiger partial charge in [-0.05, 0) is 42.7 Å². The lowest BCUT2D eigenvalue weighted by Crippen LogP contribution is -2.49. The average molecular weight is 303 g/mol. The molecule has 1 aliphatic rings. The van der Waals surface area contributed by atoms with Crippen molar-refractivity contribution in [3.63, 3.8) is 0 Å². The maximum Gasteiger partial charge on any atom is 0.326 e. The van der Waals surface area contributed by atoms with Crippen molar-refractivity contribution in [3.05, 3.63) is 35.4 Å². The van der Waals surface area contributed by atoms with E-state index in [9.17, 15) is 14.7 Å². The van der Waals surface area contributed by atoms with E-state index in [2.05, 4.69) is 17.4 Å². The monoisotopic (exact) mass is 303 g/mol. The fourth-order valence-corrected chi connectivity index (χ4v) is 3.11. The molecule has 120 valence electrons. The molecule has 1 aliphatic carbocycles. The van der Waals surface area contributed by atoms with Crippen LogP contribution in [0.4, 0.5) is 0 Å². The molecule has 0 aliphatic heterocycles. The number of carboxylic acid groups (broad SMARTS) is 1. The van der Waals surface area contributed by atoms with E-state index in [-0.39, 0.29) is 11.8 Å². The third kappa shape index (κ3) is 3.67. The van der Waals surface area contributed by atoms with E-state index in [0.29, 0.717) is 12.8 Å². The molecule has 4 heteroatoms. The lowest BCUT2D eigenvalue weighted by atomic mass is 9.72. The van der Waals surface area contributed by atoms with Crippen LogP contribution in [0.5, 0.6) is 0 Å². The van der Waals surface area contributed by atoms with Crippen LogP contribution in [0.1, 0.15) is 44.7 Å². The lowest BCUT2D eigenvalue weighted by molar-refractivity contribution is -0.144. The summed E-state index contributed by atoms with van der Waals surface area (Å²) in [6.45, 7) is 5.86. The van der Waals surface area contributed by atoms with Crippen molar-refractivity contribution in [2.24, 2.45) is 11.3 Å². The van der Waals surface area contributed by atoms with Gasteiger partial charge in [0.2, 0.25) is 5.91 Å². The highest BCUT2D eigenvalue weighted by atomic mass is 16.4. The van der Waals surface area contributed by atoms with Crippen LogP contribution >= 0.6 is 0 Å². The fraction of sp³-hybridized carbons (Fsp3) is 0.556. The summed E-state index contributed by atoms with van der Waals surface area (Å²) in [5.41, 5.74) is 1.96. The number of fused-ring (bicyclic) bond motifs is 1. The number of carboxylic acids is 1. The van der Waals surface area contributed by atoms with Crippen molar-refractivity contribution in [1.29, 1.82) is 0 Å². The second-order valence-electron chi connectivity index (χ2n) is 7.00. The second-order valence-corrected chi connectivity index (χ2v) is 7.00. The van der Waals surface area contributed by atoms with Crippen LogP contribution in [0.15, 0.2) is 24.3 Å². The molecule has 0 spiro atoms. The maximum absolute atomic E-state index is 12.7. The van der Waals surface area contributed by atoms with Crippen LogP contribution in [0, 0.1) is 11.3 Å². The number of benzene rings is 1. The number of aryl methyl sites for hydroxylation is 1. The molecule has 1 unspecified atom stereocenters. The van der Waals surface area contributed by atoms with E-state index >= 15 is 0 Å². The summed E-state index contributed by atoms with van der Waals surface area (Å²) in [5.74, 6) is -0.877. The van der Waals surface area contributed by atoms with Gasteiger partial charge in [-0.1, -0.05) is 45.0 Å². The van der Waals surface area contributed by atoms with Crippen LogP contribution in [-0.4, -0.2) is 23.0 Å². The summed E-state index contributed by atoms with van der Waals surface area (Å²) in [6.07, 6.45) is 2.74. The Morgan fingerprint density at radius 1 is 1.27 bits per heavy atom. The molecule has 0 saturated heterocycles. The van der Waals surface area contributed by atoms with Crippen LogP contribution in [0.25, 0.3) is 0 Å². The first-order chi connectivity index (χ1) is 10.3. The molecule has 0 saturated carbocycles. The minimum atomic E-state index is -0.957. The highest BCUT2D eigenvalue weighted by Crippen LogP contribution is 2.35. The molecule has 1 aromatic rings. The molecule has 0 heterocycles. The third-order valence-corrected chi connectivity index (χ3v) is 4.50. The van der Waals surface area contributed by atoms with E-state index < -0.39 is 17.4 Å². The standard InChI is InChI=1S/C18H25NO3/c1-12(2)10-15(16(20)21)19-17(22)18(3)9-8-13-6-4-5-7-14(13)11-18/h4-7,12,15H,8-11H2,1-3H3,(H,19,22)(H,20,21)/t15-,18?/m1/s1. The zero-order valence-electron chi connectivity index (χ0n) is 13.6. The molecule has 2 rings (SSSR count). The number of carbonyl (C=O) groups excluding carboxylic acids is 1. The topological polar surface area (TPSA) is 66.4 Å². The van der Waals surface area contributed by atoms with E-state index in [1.807, 2.05) is 32.9 Å². The number of rotatable bonds is 5. The number of nitrogens with one attached hydrogen (secondary N) is 1. The minimum absolute atomic E-state index is 0.143. The van der Waals surface area contributed by atoms with Gasteiger partial charge in [0, 0.05) is 0 Å². The van der Waals surface area contributed by atoms with Crippen LogP contribution in [-0.2, 0) is 22.4 Å². The third-order valence-electron chi connectivity index (χ3n) is 4.50. The Balaban J connectivity index is 2.10. The Kier molecular flexibility index (Phi) is 4.89. The summed E-state index contributed by atoms with van der Waals surface area (Å²) in [5, 5.41) is 12.0. The molecule has 0 radical (unpaired) electrons. The van der Waals surface area contributed by atoms with Crippen molar-refractivity contribution in [3.8, 4) is 0 Å². The summed E-state index contributed by atoms with van der Waals surface area (Å²) >= 11 is 0. The van der Waals surface area contributed by atoms with Gasteiger partial charge in [0.15, 0.2) is 0 Å². The van der Waals surface area contributed by atoms with Crippen LogP contribution < -0.4 is 5.32 Å². The number of hydrogen-bond donors (Lipinski definition) is 2. The zero-order valence-corrected chi connectivity index (χ0v) is 13.6. The summed E-state index contributed by atoms with van der Waals surface area (Å²) in [7, 11) is 0. The Morgan fingerprint density at radius 3 is 2.50 bits per heavy atom. The largest absolute Gasteiger partial charge is 0.480 e. The summed E-state index contributed by atoms with van der Waals surface area (Å²) in [4.78, 5) is 24.0. The van der Waals surface area contributed by atoms with Gasteiger partial charge in [0.05, 0.1) is 5.41 Å². The highest BCUT2D eigenvalue weighted by molar-refractivity contribution is 5.87. The van der Waals surface area contributed by atoms with Gasteiger partial charge in [-0.25, -0.2) is 4.79 Å². The van der Waals surface area contributed by atoms with E-state index in [0.717, 1.165) is 12.8 Å². The maximum atomic E-state index is 12.7. The molecular weight excluding hydrogens is 278 g/mol. The first-order valence-corrected chi connectivity index (χ1v) is 7.92. The van der Waals surface area contributed by atoms with Crippen molar-refractivity contribution >= 4 is 11.9 Å². The van der Waals surface area contributed by atoms with Crippen LogP contribution in [0.3, 0.4) is 0 Å². The SMILES string of the molecule is CC(C)C[C@@H](NC(=O)C1(C)CCc2ccccc2C1)C(=O)O. The quantitative estimate of drug-likeness (QED) is 0.879. The normalized spacial score (nSPS) is 22.0. The smallest absolute Gasteiger partial charge is 0.326 e. The molecule has 2 atom stereocenters. The number of carbonyl (C=O) groups is 2. The minimum Gasteiger partial charge on any atom is -0.480 e. The van der Waals surface area contributed by atoms with E-state index in [4.69, 9.17) is 0 Å². The lowest BCUT2D eigenvalue weighted by Gasteiger charge is -2.34. The molecule has 2 N–H and O–H groups in total. The van der Waals surface area contributed by atoms with Crippen molar-refractivity contribution in [1.82, 2.24) is 5.32 Å². The summed E-state index contributed by atoms with van der Waals surface area (Å²) < 4.78 is 0. The highest BCUT2D eigenvalue weighted by Gasteiger charge is 2.38. The molecule has 0 fully saturated rings. The van der Waals surface area contributed by atoms with Crippen molar-refractivity contribution in [2.75, 3.05) is 0 Å². The average Bonchev–Trinajstić information content (AvgIpc) is 2.45. The van der Waals surface area contributed by atoms with Gasteiger partial charge >= 0.3 is 5.97 Å². The summed E-state index contributed by atoms with van der Waals surface area (Å²) in [6, 6.07) is 7.36. The van der Waals surface area contributed by atoms with Gasteiger partial charge < -0.3 is 10.4 Å². The Hall–Kier alpha value is -1.84. The molecule has 4 nitrogen and oxygen atoms in total. The van der Waals surface area contributed by atoms with Crippen molar-refractivity contribution < 1.29 is 14.7 Å². The Labute approximate surface area is 131 Å². The van der Waals surface area contributed by atoms with Gasteiger partial charge in [0.1, 0.15) is 6.04 Å². The second kappa shape index (κ2) is 6.51. The number of amides is 1. The molecule has 22 heavy (non-hydrogen) atoms. The van der Waals surface area contributed by atoms with E-state index in [1.165, 1.54) is 11.1 Å². The molecule has 0 aromatic heterocycles. The number of hydrogen-bond acceptors (Lipinski definition) is 2. The molecule has 1 amide bonds. The van der Waals surface area contributed by atoms with E-state index in [1.54, 1.807) is 0 Å². The zero-order chi connectivity index (χ0) is 16.3. The predicted molar refractivity (Wildman–Crippen MR) is 85.6 cm³/mol. The Morgan fingerprint density at radius 2 is 1.91 bits per heavy atom. The van der Waals surface area contributed by atoms with Gasteiger partial charge in [-0.2, -0.15) is 0 Å². The van der Waals surface area contributed by atoms with Gasteiger partial charge in [-0.15, -0.1) is 0 Å². The molecule has 0 bridgehead atoms. The predicted octanol–water partition coefficient (Wildman–Crippen LogP) is 2.80. The fourth-order valence-electron chi connectivity index (χ4n) is 3.11. The van der Waals surface area contributed by atoms with Crippen molar-refractivity contribution in [2.45, 2.75) is 52.5 Å². The Bertz CT molecular complexity index is 567. The first kappa shape index (κ1) is 16.5. The van der Waals surface area contributed by atoms with Crippen LogP contribution in [0.2, 0.25) is 0 Å². The number of aliphatic carboxylic acids is 1. The van der Waals surface area contributed by atoms with Gasteiger partial charge in [0.25, 0.3) is 0 Å². The first-order valence-electron chi connectivity index (χ1n) is 7.92. The van der Waals surface area contributed by atoms with Gasteiger partial charge in [-0.3, -0.25) is 4.79 Å². The molecular formula is C18H25NO3.